The largest absolute Gasteiger partial charge is 0.459 e. The van der Waals surface area contributed by atoms with Crippen LogP contribution in [-0.4, -0.2) is 9.55 Å². The smallest absolute Gasteiger partial charge is 0.134 e. The maximum atomic E-state index is 6.30. The lowest BCUT2D eigenvalue weighted by atomic mass is 10.2. The van der Waals surface area contributed by atoms with Gasteiger partial charge < -0.3 is 14.7 Å². The van der Waals surface area contributed by atoms with Crippen molar-refractivity contribution in [2.45, 2.75) is 12.6 Å². The maximum absolute atomic E-state index is 6.30. The number of nitrogens with two attached hydrogens (primary N) is 1. The summed E-state index contributed by atoms with van der Waals surface area (Å²) in [5.41, 5.74) is 9.24. The highest BCUT2D eigenvalue weighted by atomic mass is 16.3. The van der Waals surface area contributed by atoms with E-state index in [-0.39, 0.29) is 6.04 Å². The van der Waals surface area contributed by atoms with E-state index in [1.54, 1.807) is 0 Å². The van der Waals surface area contributed by atoms with E-state index in [1.165, 1.54) is 0 Å². The highest BCUT2D eigenvalue weighted by molar-refractivity contribution is 5.78. The van der Waals surface area contributed by atoms with Gasteiger partial charge in [0.1, 0.15) is 11.3 Å². The molecule has 104 valence electrons. The van der Waals surface area contributed by atoms with E-state index in [1.807, 2.05) is 60.9 Å². The van der Waals surface area contributed by atoms with Crippen molar-refractivity contribution in [3.63, 3.8) is 0 Å². The van der Waals surface area contributed by atoms with Gasteiger partial charge in [0.05, 0.1) is 23.4 Å². The van der Waals surface area contributed by atoms with Crippen molar-refractivity contribution in [2.24, 2.45) is 5.73 Å². The molecule has 4 aromatic rings. The predicted molar refractivity (Wildman–Crippen MR) is 82.9 cm³/mol. The molecule has 0 aliphatic carbocycles. The van der Waals surface area contributed by atoms with E-state index >= 15 is 0 Å². The van der Waals surface area contributed by atoms with E-state index in [4.69, 9.17) is 10.2 Å². The minimum Gasteiger partial charge on any atom is -0.459 e. The van der Waals surface area contributed by atoms with Crippen molar-refractivity contribution in [3.8, 4) is 0 Å². The zero-order chi connectivity index (χ0) is 14.2. The molecule has 0 saturated heterocycles. The number of fused-ring (bicyclic) bond motifs is 2. The molecular formula is C17H15N3O. The number of hydrogen-bond acceptors (Lipinski definition) is 3. The standard InChI is InChI=1S/C17H15N3O/c18-13(17-9-12-5-1-4-8-16(12)21-17)10-20-11-19-14-6-2-3-7-15(14)20/h1-9,11,13H,10,18H2. The van der Waals surface area contributed by atoms with Crippen LogP contribution >= 0.6 is 0 Å². The van der Waals surface area contributed by atoms with Crippen molar-refractivity contribution < 1.29 is 4.42 Å². The fraction of sp³-hybridized carbons (Fsp3) is 0.118. The summed E-state index contributed by atoms with van der Waals surface area (Å²) < 4.78 is 7.89. The Morgan fingerprint density at radius 2 is 1.90 bits per heavy atom. The molecule has 0 aliphatic heterocycles. The second-order valence-corrected chi connectivity index (χ2v) is 5.18. The minimum atomic E-state index is -0.199. The topological polar surface area (TPSA) is 57.0 Å². The highest BCUT2D eigenvalue weighted by Gasteiger charge is 2.13. The second kappa shape index (κ2) is 4.75. The fourth-order valence-corrected chi connectivity index (χ4v) is 2.64. The summed E-state index contributed by atoms with van der Waals surface area (Å²) in [4.78, 5) is 4.38. The molecule has 0 saturated carbocycles. The van der Waals surface area contributed by atoms with Crippen LogP contribution in [0.15, 0.2) is 65.3 Å². The van der Waals surface area contributed by atoms with Gasteiger partial charge in [-0.15, -0.1) is 0 Å². The third-order valence-corrected chi connectivity index (χ3v) is 3.73. The van der Waals surface area contributed by atoms with Crippen molar-refractivity contribution in [1.82, 2.24) is 9.55 Å². The Balaban J connectivity index is 1.67. The Morgan fingerprint density at radius 1 is 1.10 bits per heavy atom. The van der Waals surface area contributed by atoms with Crippen molar-refractivity contribution in [2.75, 3.05) is 0 Å². The van der Waals surface area contributed by atoms with Gasteiger partial charge in [0, 0.05) is 11.9 Å². The molecule has 2 aromatic carbocycles. The van der Waals surface area contributed by atoms with Gasteiger partial charge in [-0.3, -0.25) is 0 Å². The summed E-state index contributed by atoms with van der Waals surface area (Å²) >= 11 is 0. The van der Waals surface area contributed by atoms with Crippen molar-refractivity contribution in [1.29, 1.82) is 0 Å². The van der Waals surface area contributed by atoms with Crippen LogP contribution in [0.4, 0.5) is 0 Å². The van der Waals surface area contributed by atoms with Crippen LogP contribution in [0.2, 0.25) is 0 Å². The molecule has 0 radical (unpaired) electrons. The summed E-state index contributed by atoms with van der Waals surface area (Å²) in [6.07, 6.45) is 1.83. The number of furan rings is 1. The van der Waals surface area contributed by atoms with Gasteiger partial charge in [-0.05, 0) is 24.3 Å². The number of imidazole rings is 1. The van der Waals surface area contributed by atoms with Gasteiger partial charge >= 0.3 is 0 Å². The molecule has 0 spiro atoms. The fourth-order valence-electron chi connectivity index (χ4n) is 2.64. The second-order valence-electron chi connectivity index (χ2n) is 5.18. The zero-order valence-corrected chi connectivity index (χ0v) is 11.4. The molecule has 2 N–H and O–H groups in total. The number of aromatic nitrogens is 2. The van der Waals surface area contributed by atoms with E-state index in [9.17, 15) is 0 Å². The summed E-state index contributed by atoms with van der Waals surface area (Å²) in [6, 6.07) is 17.8. The highest BCUT2D eigenvalue weighted by Crippen LogP contribution is 2.24. The van der Waals surface area contributed by atoms with Gasteiger partial charge in [-0.1, -0.05) is 30.3 Å². The first-order valence-electron chi connectivity index (χ1n) is 6.95. The molecule has 4 heteroatoms. The van der Waals surface area contributed by atoms with Gasteiger partial charge in [-0.25, -0.2) is 4.98 Å². The van der Waals surface area contributed by atoms with Crippen molar-refractivity contribution in [3.05, 3.63) is 66.7 Å². The Kier molecular flexibility index (Phi) is 2.75. The molecule has 2 heterocycles. The number of para-hydroxylation sites is 3. The summed E-state index contributed by atoms with van der Waals surface area (Å²) in [5.74, 6) is 0.800. The minimum absolute atomic E-state index is 0.199. The Hall–Kier alpha value is -2.59. The quantitative estimate of drug-likeness (QED) is 0.623. The van der Waals surface area contributed by atoms with Crippen LogP contribution in [0.1, 0.15) is 11.8 Å². The predicted octanol–water partition coefficient (Wildman–Crippen LogP) is 3.48. The molecule has 4 nitrogen and oxygen atoms in total. The molecule has 1 unspecified atom stereocenters. The Morgan fingerprint density at radius 3 is 2.81 bits per heavy atom. The van der Waals surface area contributed by atoms with Crippen LogP contribution < -0.4 is 5.73 Å². The summed E-state index contributed by atoms with van der Waals surface area (Å²) in [6.45, 7) is 0.639. The molecule has 0 amide bonds. The van der Waals surface area contributed by atoms with E-state index in [2.05, 4.69) is 9.55 Å². The molecule has 2 aromatic heterocycles. The zero-order valence-electron chi connectivity index (χ0n) is 11.4. The first-order chi connectivity index (χ1) is 10.3. The van der Waals surface area contributed by atoms with Gasteiger partial charge in [0.2, 0.25) is 0 Å². The third-order valence-electron chi connectivity index (χ3n) is 3.73. The number of hydrogen-bond donors (Lipinski definition) is 1. The van der Waals surface area contributed by atoms with Crippen LogP contribution in [0, 0.1) is 0 Å². The van der Waals surface area contributed by atoms with E-state index in [0.717, 1.165) is 27.8 Å². The molecule has 21 heavy (non-hydrogen) atoms. The molecular weight excluding hydrogens is 262 g/mol. The Labute approximate surface area is 121 Å². The number of nitrogens with zero attached hydrogens (tertiary/aromatic N) is 2. The van der Waals surface area contributed by atoms with Crippen LogP contribution in [0.25, 0.3) is 22.0 Å². The summed E-state index contributed by atoms with van der Waals surface area (Å²) in [5, 5.41) is 1.08. The molecule has 1 atom stereocenters. The summed E-state index contributed by atoms with van der Waals surface area (Å²) in [7, 11) is 0. The van der Waals surface area contributed by atoms with Gasteiger partial charge in [0.15, 0.2) is 0 Å². The molecule has 0 aliphatic rings. The van der Waals surface area contributed by atoms with Crippen LogP contribution in [0.5, 0.6) is 0 Å². The average molecular weight is 277 g/mol. The SMILES string of the molecule is NC(Cn1cnc2ccccc21)c1cc2ccccc2o1. The van der Waals surface area contributed by atoms with Gasteiger partial charge in [-0.2, -0.15) is 0 Å². The van der Waals surface area contributed by atoms with E-state index in [0.29, 0.717) is 6.54 Å². The third kappa shape index (κ3) is 2.10. The van der Waals surface area contributed by atoms with Crippen LogP contribution in [0.3, 0.4) is 0 Å². The maximum Gasteiger partial charge on any atom is 0.134 e. The lowest BCUT2D eigenvalue weighted by molar-refractivity contribution is 0.459. The van der Waals surface area contributed by atoms with Gasteiger partial charge in [0.25, 0.3) is 0 Å². The normalized spacial score (nSPS) is 13.0. The first kappa shape index (κ1) is 12.2. The number of rotatable bonds is 3. The van der Waals surface area contributed by atoms with E-state index < -0.39 is 0 Å². The average Bonchev–Trinajstić information content (AvgIpc) is 3.11. The Bertz CT molecular complexity index is 873. The lowest BCUT2D eigenvalue weighted by Gasteiger charge is -2.10. The first-order valence-corrected chi connectivity index (χ1v) is 6.95. The lowest BCUT2D eigenvalue weighted by Crippen LogP contribution is -2.16. The number of benzene rings is 2. The van der Waals surface area contributed by atoms with Crippen LogP contribution in [-0.2, 0) is 6.54 Å². The molecule has 0 fully saturated rings. The molecule has 4 rings (SSSR count). The molecule has 0 bridgehead atoms. The monoisotopic (exact) mass is 277 g/mol. The van der Waals surface area contributed by atoms with Crippen molar-refractivity contribution >= 4 is 22.0 Å².